The lowest BCUT2D eigenvalue weighted by Crippen LogP contribution is -2.34. The first-order valence-electron chi connectivity index (χ1n) is 9.69. The summed E-state index contributed by atoms with van der Waals surface area (Å²) in [5.41, 5.74) is 0.200. The lowest BCUT2D eigenvalue weighted by Gasteiger charge is -2.20. The van der Waals surface area contributed by atoms with Crippen molar-refractivity contribution in [3.63, 3.8) is 0 Å². The summed E-state index contributed by atoms with van der Waals surface area (Å²) in [5, 5.41) is 7.12. The van der Waals surface area contributed by atoms with Gasteiger partial charge in [0, 0.05) is 6.20 Å². The van der Waals surface area contributed by atoms with E-state index in [9.17, 15) is 22.9 Å². The SMILES string of the molecule is C[P+](=O)c1ccc([C@@H](NC(=O)c2cnc(-n3cc(F)cn3)[nH]c2=O)c2ccc(F)cc2)cc1. The molecule has 2 atom stereocenters. The number of hydrogen-bond acceptors (Lipinski definition) is 5. The molecular formula is C22H17F2N5O3P+. The van der Waals surface area contributed by atoms with Crippen LogP contribution in [0.2, 0.25) is 0 Å². The molecule has 0 aliphatic rings. The topological polar surface area (TPSA) is 110 Å². The molecule has 0 spiro atoms. The summed E-state index contributed by atoms with van der Waals surface area (Å²) in [4.78, 5) is 31.8. The molecule has 2 aromatic carbocycles. The number of halogens is 2. The van der Waals surface area contributed by atoms with Gasteiger partial charge in [-0.1, -0.05) is 28.8 Å². The molecule has 0 aliphatic carbocycles. The Balaban J connectivity index is 1.65. The van der Waals surface area contributed by atoms with Crippen molar-refractivity contribution in [2.75, 3.05) is 6.66 Å². The molecule has 4 aromatic rings. The highest BCUT2D eigenvalue weighted by molar-refractivity contribution is 7.52. The predicted octanol–water partition coefficient (Wildman–Crippen LogP) is 2.84. The van der Waals surface area contributed by atoms with Crippen LogP contribution in [0.1, 0.15) is 27.5 Å². The van der Waals surface area contributed by atoms with Crippen LogP contribution in [-0.2, 0) is 4.57 Å². The van der Waals surface area contributed by atoms with E-state index in [4.69, 9.17) is 0 Å². The van der Waals surface area contributed by atoms with E-state index < -0.39 is 36.9 Å². The zero-order valence-electron chi connectivity index (χ0n) is 17.2. The van der Waals surface area contributed by atoms with E-state index in [2.05, 4.69) is 20.4 Å². The fourth-order valence-corrected chi connectivity index (χ4v) is 3.75. The molecule has 8 nitrogen and oxygen atoms in total. The van der Waals surface area contributed by atoms with Crippen LogP contribution in [0.5, 0.6) is 0 Å². The zero-order chi connectivity index (χ0) is 23.5. The first-order valence-corrected chi connectivity index (χ1v) is 11.4. The molecule has 0 saturated carbocycles. The summed E-state index contributed by atoms with van der Waals surface area (Å²) in [6.45, 7) is 1.59. The molecule has 2 N–H and O–H groups in total. The van der Waals surface area contributed by atoms with Gasteiger partial charge in [-0.15, -0.1) is 0 Å². The number of amides is 1. The number of benzene rings is 2. The number of H-pyrrole nitrogens is 1. The van der Waals surface area contributed by atoms with Crippen LogP contribution in [-0.4, -0.2) is 32.3 Å². The van der Waals surface area contributed by atoms with Crippen LogP contribution in [0.3, 0.4) is 0 Å². The fourth-order valence-electron chi connectivity index (χ4n) is 3.18. The molecule has 0 bridgehead atoms. The maximum absolute atomic E-state index is 13.4. The minimum Gasteiger partial charge on any atom is -0.341 e. The predicted molar refractivity (Wildman–Crippen MR) is 117 cm³/mol. The van der Waals surface area contributed by atoms with E-state index in [0.717, 1.165) is 23.3 Å². The summed E-state index contributed by atoms with van der Waals surface area (Å²) < 4.78 is 39.4. The third-order valence-electron chi connectivity index (χ3n) is 4.87. The van der Waals surface area contributed by atoms with E-state index in [-0.39, 0.29) is 11.5 Å². The molecule has 0 aliphatic heterocycles. The molecule has 11 heteroatoms. The van der Waals surface area contributed by atoms with Gasteiger partial charge in [0.05, 0.1) is 18.4 Å². The minimum absolute atomic E-state index is 0.0557. The van der Waals surface area contributed by atoms with Gasteiger partial charge in [0.15, 0.2) is 11.1 Å². The third-order valence-corrected chi connectivity index (χ3v) is 5.89. The van der Waals surface area contributed by atoms with Crippen molar-refractivity contribution >= 4 is 19.0 Å². The minimum atomic E-state index is -1.54. The van der Waals surface area contributed by atoms with Gasteiger partial charge in [0.1, 0.15) is 18.0 Å². The Morgan fingerprint density at radius 1 is 1.03 bits per heavy atom. The normalized spacial score (nSPS) is 12.3. The number of hydrogen-bond donors (Lipinski definition) is 2. The van der Waals surface area contributed by atoms with Crippen LogP contribution < -0.4 is 16.2 Å². The molecule has 33 heavy (non-hydrogen) atoms. The highest BCUT2D eigenvalue weighted by Crippen LogP contribution is 2.24. The number of aromatic nitrogens is 4. The maximum atomic E-state index is 13.4. The van der Waals surface area contributed by atoms with E-state index >= 15 is 0 Å². The molecule has 4 rings (SSSR count). The van der Waals surface area contributed by atoms with E-state index in [0.29, 0.717) is 16.4 Å². The molecule has 2 aromatic heterocycles. The number of nitrogens with zero attached hydrogens (tertiary/aromatic N) is 3. The largest absolute Gasteiger partial charge is 0.373 e. The molecule has 166 valence electrons. The molecule has 1 unspecified atom stereocenters. The summed E-state index contributed by atoms with van der Waals surface area (Å²) in [6, 6.07) is 11.6. The van der Waals surface area contributed by atoms with Gasteiger partial charge in [0.2, 0.25) is 5.95 Å². The van der Waals surface area contributed by atoms with Crippen LogP contribution in [0.15, 0.2) is 71.9 Å². The molecule has 0 saturated heterocycles. The summed E-state index contributed by atoms with van der Waals surface area (Å²) in [6.07, 6.45) is 3.04. The van der Waals surface area contributed by atoms with Crippen molar-refractivity contribution in [2.24, 2.45) is 0 Å². The Kier molecular flexibility index (Phi) is 6.19. The Labute approximate surface area is 187 Å². The van der Waals surface area contributed by atoms with Crippen molar-refractivity contribution < 1.29 is 18.1 Å². The molecule has 2 heterocycles. The summed E-state index contributed by atoms with van der Waals surface area (Å²) in [5.74, 6) is -1.82. The summed E-state index contributed by atoms with van der Waals surface area (Å²) in [7, 11) is -1.54. The van der Waals surface area contributed by atoms with Crippen molar-refractivity contribution in [2.45, 2.75) is 6.04 Å². The van der Waals surface area contributed by atoms with Gasteiger partial charge < -0.3 is 5.32 Å². The Morgan fingerprint density at radius 3 is 2.21 bits per heavy atom. The van der Waals surface area contributed by atoms with Crippen molar-refractivity contribution in [1.29, 1.82) is 0 Å². The molecule has 0 fully saturated rings. The van der Waals surface area contributed by atoms with Gasteiger partial charge in [-0.25, -0.2) is 18.4 Å². The molecule has 0 radical (unpaired) electrons. The highest BCUT2D eigenvalue weighted by Gasteiger charge is 2.22. The van der Waals surface area contributed by atoms with Crippen molar-refractivity contribution in [3.05, 3.63) is 106 Å². The van der Waals surface area contributed by atoms with Gasteiger partial charge in [0.25, 0.3) is 11.5 Å². The second-order valence-corrected chi connectivity index (χ2v) is 8.61. The maximum Gasteiger partial charge on any atom is 0.373 e. The smallest absolute Gasteiger partial charge is 0.341 e. The van der Waals surface area contributed by atoms with E-state index in [1.54, 1.807) is 30.9 Å². The first-order chi connectivity index (χ1) is 15.8. The van der Waals surface area contributed by atoms with Crippen molar-refractivity contribution in [1.82, 2.24) is 25.1 Å². The second kappa shape index (κ2) is 9.22. The number of carbonyl (C=O) groups is 1. The average molecular weight is 468 g/mol. The lowest BCUT2D eigenvalue weighted by molar-refractivity contribution is 0.0941. The fraction of sp³-hybridized carbons (Fsp3) is 0.0909. The van der Waals surface area contributed by atoms with E-state index in [1.165, 1.54) is 24.3 Å². The second-order valence-electron chi connectivity index (χ2n) is 7.10. The summed E-state index contributed by atoms with van der Waals surface area (Å²) >= 11 is 0. The number of rotatable bonds is 6. The van der Waals surface area contributed by atoms with Gasteiger partial charge in [-0.3, -0.25) is 14.6 Å². The average Bonchev–Trinajstić information content (AvgIpc) is 3.24. The number of nitrogens with one attached hydrogen (secondary N) is 2. The van der Waals surface area contributed by atoms with Crippen LogP contribution in [0, 0.1) is 11.6 Å². The number of carbonyl (C=O) groups excluding carboxylic acids is 1. The quantitative estimate of drug-likeness (QED) is 0.423. The van der Waals surface area contributed by atoms with Crippen LogP contribution >= 0.6 is 7.80 Å². The number of aromatic amines is 1. The molecule has 1 amide bonds. The van der Waals surface area contributed by atoms with Crippen molar-refractivity contribution in [3.8, 4) is 5.95 Å². The highest BCUT2D eigenvalue weighted by atomic mass is 31.1. The van der Waals surface area contributed by atoms with E-state index in [1.807, 2.05) is 0 Å². The lowest BCUT2D eigenvalue weighted by atomic mass is 9.98. The van der Waals surface area contributed by atoms with Gasteiger partial charge in [-0.05, 0) is 35.4 Å². The third kappa shape index (κ3) is 4.91. The monoisotopic (exact) mass is 468 g/mol. The van der Waals surface area contributed by atoms with Gasteiger partial charge in [-0.2, -0.15) is 5.10 Å². The van der Waals surface area contributed by atoms with Crippen LogP contribution in [0.25, 0.3) is 5.95 Å². The van der Waals surface area contributed by atoms with Gasteiger partial charge >= 0.3 is 7.80 Å². The Hall–Kier alpha value is -4.04. The zero-order valence-corrected chi connectivity index (χ0v) is 18.1. The Morgan fingerprint density at radius 2 is 1.67 bits per heavy atom. The molecular weight excluding hydrogens is 451 g/mol. The van der Waals surface area contributed by atoms with Crippen LogP contribution in [0.4, 0.5) is 8.78 Å². The Bertz CT molecular complexity index is 1380. The standard InChI is InChI=1S/C22H16F2N5O3P/c1-33(32)17-8-4-14(5-9-17)19(13-2-6-15(23)7-3-13)27-20(30)18-11-25-22(28-21(18)31)29-12-16(24)10-26-29/h2-12,19H,1H3,(H-,25,27,28,30,31)/p+1/t19-/m0/s1. The first kappa shape index (κ1) is 22.2.